The molecule has 33 valence electrons. The highest BCUT2D eigenvalue weighted by Crippen LogP contribution is 2.16. The van der Waals surface area contributed by atoms with Crippen LogP contribution < -0.4 is 0 Å². The SMILES string of the molecule is CC[CH]1C[O][Al]1. The summed E-state index contributed by atoms with van der Waals surface area (Å²) in [5, 5.41) is 0. The molecule has 0 amide bonds. The third kappa shape index (κ3) is 0.760. The van der Waals surface area contributed by atoms with Crippen molar-refractivity contribution >= 4 is 15.6 Å². The molecule has 0 aromatic rings. The van der Waals surface area contributed by atoms with E-state index in [0.717, 1.165) is 11.4 Å². The van der Waals surface area contributed by atoms with Gasteiger partial charge in [-0.3, -0.25) is 0 Å². The van der Waals surface area contributed by atoms with Gasteiger partial charge in [0.2, 0.25) is 0 Å². The lowest BCUT2D eigenvalue weighted by atomic mass is 10.3. The fourth-order valence-corrected chi connectivity index (χ4v) is 1.10. The van der Waals surface area contributed by atoms with Gasteiger partial charge in [-0.2, -0.15) is 0 Å². The molecule has 6 heavy (non-hydrogen) atoms. The molecule has 1 atom stereocenters. The minimum atomic E-state index is 0.416. The lowest BCUT2D eigenvalue weighted by Gasteiger charge is -2.22. The Morgan fingerprint density at radius 3 is 2.67 bits per heavy atom. The molecule has 1 rings (SSSR count). The van der Waals surface area contributed by atoms with E-state index in [2.05, 4.69) is 6.92 Å². The number of hydrogen-bond acceptors (Lipinski definition) is 1. The van der Waals surface area contributed by atoms with Crippen molar-refractivity contribution in [2.45, 2.75) is 18.1 Å². The van der Waals surface area contributed by atoms with Gasteiger partial charge in [0.25, 0.3) is 0 Å². The Balaban J connectivity index is 2.01. The lowest BCUT2D eigenvalue weighted by molar-refractivity contribution is 0.248. The molecule has 1 aliphatic rings. The predicted octanol–water partition coefficient (Wildman–Crippen LogP) is 0.834. The van der Waals surface area contributed by atoms with Crippen molar-refractivity contribution in [2.75, 3.05) is 6.61 Å². The lowest BCUT2D eigenvalue weighted by Crippen LogP contribution is -2.24. The zero-order chi connectivity index (χ0) is 4.41. The Labute approximate surface area is 44.7 Å². The highest BCUT2D eigenvalue weighted by molar-refractivity contribution is 6.32. The van der Waals surface area contributed by atoms with Crippen LogP contribution in [0.1, 0.15) is 13.3 Å². The zero-order valence-corrected chi connectivity index (χ0v) is 5.13. The van der Waals surface area contributed by atoms with Crippen LogP contribution in [-0.2, 0) is 3.79 Å². The van der Waals surface area contributed by atoms with Crippen molar-refractivity contribution in [3.05, 3.63) is 0 Å². The normalized spacial score (nSPS) is 31.2. The summed E-state index contributed by atoms with van der Waals surface area (Å²) < 4.78 is 5.99. The Kier molecular flexibility index (Phi) is 1.53. The molecule has 0 N–H and O–H groups in total. The van der Waals surface area contributed by atoms with Crippen molar-refractivity contribution in [2.24, 2.45) is 0 Å². The van der Waals surface area contributed by atoms with Crippen molar-refractivity contribution in [1.29, 1.82) is 0 Å². The largest absolute Gasteiger partial charge is 0.507 e. The van der Waals surface area contributed by atoms with Gasteiger partial charge >= 0.3 is 15.6 Å². The van der Waals surface area contributed by atoms with E-state index >= 15 is 0 Å². The fourth-order valence-electron chi connectivity index (χ4n) is 0.446. The van der Waals surface area contributed by atoms with E-state index in [-0.39, 0.29) is 0 Å². The van der Waals surface area contributed by atoms with Crippen LogP contribution in [0.2, 0.25) is 4.78 Å². The molecular formula is C4H8AlO. The summed E-state index contributed by atoms with van der Waals surface area (Å²) in [5.41, 5.74) is 0. The topological polar surface area (TPSA) is 9.23 Å². The molecule has 2 heteroatoms. The summed E-state index contributed by atoms with van der Waals surface area (Å²) in [4.78, 5) is 0. The molecule has 1 saturated heterocycles. The van der Waals surface area contributed by atoms with Crippen LogP contribution in [-0.4, -0.2) is 22.2 Å². The quantitative estimate of drug-likeness (QED) is 0.442. The van der Waals surface area contributed by atoms with Gasteiger partial charge in [-0.25, -0.2) is 0 Å². The Morgan fingerprint density at radius 1 is 2.00 bits per heavy atom. The van der Waals surface area contributed by atoms with E-state index in [1.165, 1.54) is 6.42 Å². The molecule has 0 aromatic heterocycles. The second kappa shape index (κ2) is 1.97. The summed E-state index contributed by atoms with van der Waals surface area (Å²) in [5.74, 6) is 0. The molecule has 1 heterocycles. The van der Waals surface area contributed by atoms with Gasteiger partial charge in [-0.15, -0.1) is 0 Å². The Morgan fingerprint density at radius 2 is 2.67 bits per heavy atom. The summed E-state index contributed by atoms with van der Waals surface area (Å²) in [6.07, 6.45) is 1.33. The molecule has 1 radical (unpaired) electrons. The molecule has 1 nitrogen and oxygen atoms in total. The first-order chi connectivity index (χ1) is 2.93. The monoisotopic (exact) mass is 99.0 g/mol. The summed E-state index contributed by atoms with van der Waals surface area (Å²) >= 11 is 0.416. The predicted molar refractivity (Wildman–Crippen MR) is 25.7 cm³/mol. The van der Waals surface area contributed by atoms with E-state index in [0.29, 0.717) is 15.6 Å². The third-order valence-corrected chi connectivity index (χ3v) is 2.56. The van der Waals surface area contributed by atoms with Crippen molar-refractivity contribution in [3.63, 3.8) is 0 Å². The molecule has 1 aliphatic heterocycles. The van der Waals surface area contributed by atoms with Crippen molar-refractivity contribution in [1.82, 2.24) is 0 Å². The minimum Gasteiger partial charge on any atom is -0.507 e. The first kappa shape index (κ1) is 4.65. The first-order valence-corrected chi connectivity index (χ1v) is 3.52. The van der Waals surface area contributed by atoms with Crippen LogP contribution in [0.4, 0.5) is 0 Å². The Bertz CT molecular complexity index is 40.1. The maximum atomic E-state index is 5.01. The fraction of sp³-hybridized carbons (Fsp3) is 1.00. The molecule has 0 saturated carbocycles. The van der Waals surface area contributed by atoms with E-state index in [1.807, 2.05) is 0 Å². The van der Waals surface area contributed by atoms with Gasteiger partial charge in [0.15, 0.2) is 0 Å². The van der Waals surface area contributed by atoms with Gasteiger partial charge in [0.05, 0.1) is 0 Å². The van der Waals surface area contributed by atoms with Crippen molar-refractivity contribution in [3.8, 4) is 0 Å². The van der Waals surface area contributed by atoms with E-state index in [4.69, 9.17) is 3.79 Å². The van der Waals surface area contributed by atoms with E-state index in [1.54, 1.807) is 0 Å². The standard InChI is InChI=1S/C4H8O.Al/c1-2-3-4-5;/h3H,2,4H2,1H3;/q-1;+1. The highest BCUT2D eigenvalue weighted by atomic mass is 27.1. The van der Waals surface area contributed by atoms with Crippen LogP contribution in [0.3, 0.4) is 0 Å². The van der Waals surface area contributed by atoms with Gasteiger partial charge in [-0.1, -0.05) is 13.3 Å². The molecule has 1 fully saturated rings. The third-order valence-electron chi connectivity index (χ3n) is 1.12. The second-order valence-electron chi connectivity index (χ2n) is 1.64. The smallest absolute Gasteiger partial charge is 0.429 e. The van der Waals surface area contributed by atoms with Gasteiger partial charge in [0.1, 0.15) is 0 Å². The second-order valence-corrected chi connectivity index (χ2v) is 3.19. The van der Waals surface area contributed by atoms with Crippen LogP contribution in [0, 0.1) is 0 Å². The Hall–Kier alpha value is 0.492. The highest BCUT2D eigenvalue weighted by Gasteiger charge is 2.18. The van der Waals surface area contributed by atoms with E-state index in [9.17, 15) is 0 Å². The molecule has 1 unspecified atom stereocenters. The van der Waals surface area contributed by atoms with Crippen LogP contribution in [0.25, 0.3) is 0 Å². The summed E-state index contributed by atoms with van der Waals surface area (Å²) in [7, 11) is 0. The van der Waals surface area contributed by atoms with Crippen molar-refractivity contribution < 1.29 is 3.79 Å². The van der Waals surface area contributed by atoms with Gasteiger partial charge in [-0.05, 0) is 4.78 Å². The summed E-state index contributed by atoms with van der Waals surface area (Å²) in [6, 6.07) is 0. The van der Waals surface area contributed by atoms with Gasteiger partial charge < -0.3 is 3.79 Å². The van der Waals surface area contributed by atoms with Crippen LogP contribution >= 0.6 is 0 Å². The average Bonchev–Trinajstić information content (AvgIpc) is 1.31. The minimum absolute atomic E-state index is 0.416. The maximum Gasteiger partial charge on any atom is 0.429 e. The molecular weight excluding hydrogens is 91.0 g/mol. The first-order valence-electron chi connectivity index (χ1n) is 2.38. The van der Waals surface area contributed by atoms with E-state index < -0.39 is 0 Å². The number of rotatable bonds is 1. The number of hydrogen-bond donors (Lipinski definition) is 0. The molecule has 0 aliphatic carbocycles. The molecule has 0 bridgehead atoms. The van der Waals surface area contributed by atoms with Crippen LogP contribution in [0.5, 0.6) is 0 Å². The maximum absolute atomic E-state index is 5.01. The summed E-state index contributed by atoms with van der Waals surface area (Å²) in [6.45, 7) is 3.27. The van der Waals surface area contributed by atoms with Gasteiger partial charge in [0, 0.05) is 6.61 Å². The molecule has 0 spiro atoms. The zero-order valence-electron chi connectivity index (χ0n) is 3.98. The van der Waals surface area contributed by atoms with Crippen LogP contribution in [0.15, 0.2) is 0 Å². The molecule has 0 aromatic carbocycles. The average molecular weight is 99.1 g/mol.